The summed E-state index contributed by atoms with van der Waals surface area (Å²) in [5.41, 5.74) is 6.51. The van der Waals surface area contributed by atoms with Crippen molar-refractivity contribution in [2.24, 2.45) is 5.73 Å². The number of nitrogens with two attached hydrogens (primary N) is 1. The van der Waals surface area contributed by atoms with Gasteiger partial charge >= 0.3 is 5.97 Å². The van der Waals surface area contributed by atoms with Crippen molar-refractivity contribution >= 4 is 35.6 Å². The highest BCUT2D eigenvalue weighted by Crippen LogP contribution is 2.30. The van der Waals surface area contributed by atoms with Gasteiger partial charge in [0.1, 0.15) is 6.04 Å². The molecule has 0 spiro atoms. The van der Waals surface area contributed by atoms with Gasteiger partial charge in [-0.15, -0.1) is 23.7 Å². The molecule has 28 heavy (non-hydrogen) atoms. The number of carbonyl (C=O) groups excluding carboxylic acids is 2. The highest BCUT2D eigenvalue weighted by molar-refractivity contribution is 7.15. The molecule has 152 valence electrons. The summed E-state index contributed by atoms with van der Waals surface area (Å²) in [6.07, 6.45) is 3.61. The Hall–Kier alpha value is -1.89. The second-order valence-electron chi connectivity index (χ2n) is 6.98. The molecule has 3 N–H and O–H groups in total. The normalized spacial score (nSPS) is 16.1. The number of esters is 1. The molecule has 1 unspecified atom stereocenters. The summed E-state index contributed by atoms with van der Waals surface area (Å²) in [6.45, 7) is 2.04. The van der Waals surface area contributed by atoms with Crippen LogP contribution in [0.2, 0.25) is 0 Å². The average Bonchev–Trinajstić information content (AvgIpc) is 3.32. The van der Waals surface area contributed by atoms with Gasteiger partial charge in [-0.1, -0.05) is 43.2 Å². The predicted molar refractivity (Wildman–Crippen MR) is 115 cm³/mol. The Morgan fingerprint density at radius 2 is 1.86 bits per heavy atom. The summed E-state index contributed by atoms with van der Waals surface area (Å²) in [5.74, 6) is -0.667. The molecule has 0 bridgehead atoms. The second-order valence-corrected chi connectivity index (χ2v) is 8.15. The van der Waals surface area contributed by atoms with Crippen LogP contribution in [-0.4, -0.2) is 30.1 Å². The first-order valence-corrected chi connectivity index (χ1v) is 10.2. The van der Waals surface area contributed by atoms with Crippen molar-refractivity contribution in [3.8, 4) is 10.4 Å². The summed E-state index contributed by atoms with van der Waals surface area (Å²) < 4.78 is 5.17. The maximum absolute atomic E-state index is 12.7. The average molecular weight is 423 g/mol. The number of carbonyl (C=O) groups is 2. The Morgan fingerprint density at radius 3 is 2.50 bits per heavy atom. The van der Waals surface area contributed by atoms with E-state index in [1.807, 2.05) is 30.3 Å². The highest BCUT2D eigenvalue weighted by Gasteiger charge is 2.39. The van der Waals surface area contributed by atoms with Gasteiger partial charge in [0.15, 0.2) is 0 Å². The van der Waals surface area contributed by atoms with E-state index in [0.717, 1.165) is 28.2 Å². The Balaban J connectivity index is 0.00000280. The van der Waals surface area contributed by atoms with E-state index in [1.165, 1.54) is 0 Å². The number of hydrogen-bond donors (Lipinski definition) is 2. The number of thiophene rings is 1. The summed E-state index contributed by atoms with van der Waals surface area (Å²) >= 11 is 1.62. The minimum Gasteiger partial charge on any atom is -0.464 e. The largest absolute Gasteiger partial charge is 0.464 e. The molecule has 1 fully saturated rings. The molecule has 7 heteroatoms. The van der Waals surface area contributed by atoms with Crippen molar-refractivity contribution in [3.63, 3.8) is 0 Å². The van der Waals surface area contributed by atoms with Crippen molar-refractivity contribution in [1.82, 2.24) is 5.32 Å². The number of nitrogens with one attached hydrogen (secondary N) is 1. The van der Waals surface area contributed by atoms with Crippen LogP contribution in [0.1, 0.15) is 37.5 Å². The van der Waals surface area contributed by atoms with E-state index < -0.39 is 17.6 Å². The lowest BCUT2D eigenvalue weighted by molar-refractivity contribution is -0.148. The maximum atomic E-state index is 12.7. The minimum absolute atomic E-state index is 0. The minimum atomic E-state index is -0.866. The Bertz CT molecular complexity index is 788. The van der Waals surface area contributed by atoms with E-state index in [0.29, 0.717) is 19.3 Å². The summed E-state index contributed by atoms with van der Waals surface area (Å²) in [5, 5.41) is 2.85. The molecule has 1 aromatic carbocycles. The van der Waals surface area contributed by atoms with E-state index in [-0.39, 0.29) is 24.9 Å². The molecule has 1 atom stereocenters. The van der Waals surface area contributed by atoms with Gasteiger partial charge in [0.25, 0.3) is 0 Å². The zero-order valence-electron chi connectivity index (χ0n) is 16.0. The van der Waals surface area contributed by atoms with Crippen molar-refractivity contribution in [1.29, 1.82) is 0 Å². The fraction of sp³-hybridized carbons (Fsp3) is 0.429. The van der Waals surface area contributed by atoms with Crippen molar-refractivity contribution in [3.05, 3.63) is 47.3 Å². The molecule has 1 aliphatic rings. The molecule has 1 amide bonds. The molecular formula is C21H27ClN2O3S. The Labute approximate surface area is 176 Å². The fourth-order valence-corrected chi connectivity index (χ4v) is 4.48. The third-order valence-electron chi connectivity index (χ3n) is 4.95. The zero-order chi connectivity index (χ0) is 19.3. The molecule has 1 aromatic heterocycles. The van der Waals surface area contributed by atoms with Crippen molar-refractivity contribution in [2.45, 2.75) is 50.6 Å². The highest BCUT2D eigenvalue weighted by atomic mass is 35.5. The van der Waals surface area contributed by atoms with Crippen LogP contribution in [0.3, 0.4) is 0 Å². The van der Waals surface area contributed by atoms with E-state index >= 15 is 0 Å². The quantitative estimate of drug-likeness (QED) is 0.666. The topological polar surface area (TPSA) is 81.4 Å². The molecular weight excluding hydrogens is 396 g/mol. The van der Waals surface area contributed by atoms with Crippen molar-refractivity contribution < 1.29 is 14.3 Å². The summed E-state index contributed by atoms with van der Waals surface area (Å²) in [4.78, 5) is 27.2. The number of amides is 1. The van der Waals surface area contributed by atoms with Crippen LogP contribution in [0.4, 0.5) is 0 Å². The fourth-order valence-electron chi connectivity index (χ4n) is 3.42. The number of ether oxygens (including phenoxy) is 1. The van der Waals surface area contributed by atoms with Gasteiger partial charge in [-0.2, -0.15) is 0 Å². The standard InChI is InChI=1S/C21H26N2O3S.ClH/c1-2-26-19(24)17(23-20(25)21(22)12-6-7-13-21)14-16-10-11-18(27-16)15-8-4-3-5-9-15;/h3-5,8-11,17H,2,6-7,12-14,22H2,1H3,(H,23,25);1H. The lowest BCUT2D eigenvalue weighted by Crippen LogP contribution is -2.56. The van der Waals surface area contributed by atoms with Crippen LogP contribution in [0, 0.1) is 0 Å². The van der Waals surface area contributed by atoms with Crippen molar-refractivity contribution in [2.75, 3.05) is 6.61 Å². The molecule has 0 aliphatic heterocycles. The number of hydrogen-bond acceptors (Lipinski definition) is 5. The van der Waals surface area contributed by atoms with E-state index in [9.17, 15) is 9.59 Å². The SMILES string of the molecule is CCOC(=O)C(Cc1ccc(-c2ccccc2)s1)NC(=O)C1(N)CCCC1.Cl. The van der Waals surface area contributed by atoms with Crippen LogP contribution in [0.15, 0.2) is 42.5 Å². The molecule has 2 aromatic rings. The van der Waals surface area contributed by atoms with Crippen LogP contribution < -0.4 is 11.1 Å². The molecule has 0 saturated heterocycles. The van der Waals surface area contributed by atoms with Gasteiger partial charge in [0.2, 0.25) is 5.91 Å². The Kier molecular flexibility index (Phi) is 8.04. The van der Waals surface area contributed by atoms with Gasteiger partial charge in [0, 0.05) is 16.2 Å². The molecule has 1 heterocycles. The summed E-state index contributed by atoms with van der Waals surface area (Å²) in [6, 6.07) is 13.4. The van der Waals surface area contributed by atoms with Gasteiger partial charge in [-0.25, -0.2) is 4.79 Å². The summed E-state index contributed by atoms with van der Waals surface area (Å²) in [7, 11) is 0. The van der Waals surface area contributed by atoms with Crippen LogP contribution in [0.5, 0.6) is 0 Å². The van der Waals surface area contributed by atoms with E-state index in [4.69, 9.17) is 10.5 Å². The number of rotatable bonds is 7. The first-order valence-electron chi connectivity index (χ1n) is 9.42. The van der Waals surface area contributed by atoms with E-state index in [2.05, 4.69) is 17.4 Å². The number of halogens is 1. The lowest BCUT2D eigenvalue weighted by atomic mass is 9.97. The third-order valence-corrected chi connectivity index (χ3v) is 6.11. The maximum Gasteiger partial charge on any atom is 0.329 e. The zero-order valence-corrected chi connectivity index (χ0v) is 17.6. The smallest absolute Gasteiger partial charge is 0.329 e. The molecule has 3 rings (SSSR count). The molecule has 1 aliphatic carbocycles. The second kappa shape index (κ2) is 10.0. The first kappa shape index (κ1) is 22.4. The molecule has 5 nitrogen and oxygen atoms in total. The van der Waals surface area contributed by atoms with Crippen LogP contribution in [0.25, 0.3) is 10.4 Å². The van der Waals surface area contributed by atoms with Crippen LogP contribution >= 0.6 is 23.7 Å². The molecule has 0 radical (unpaired) electrons. The van der Waals surface area contributed by atoms with E-state index in [1.54, 1.807) is 18.3 Å². The monoisotopic (exact) mass is 422 g/mol. The van der Waals surface area contributed by atoms with Gasteiger partial charge < -0.3 is 15.8 Å². The first-order chi connectivity index (χ1) is 13.0. The lowest BCUT2D eigenvalue weighted by Gasteiger charge is -2.25. The van der Waals surface area contributed by atoms with Gasteiger partial charge in [-0.3, -0.25) is 4.79 Å². The Morgan fingerprint density at radius 1 is 1.18 bits per heavy atom. The van der Waals surface area contributed by atoms with Gasteiger partial charge in [0.05, 0.1) is 12.1 Å². The van der Waals surface area contributed by atoms with Gasteiger partial charge in [-0.05, 0) is 37.5 Å². The number of benzene rings is 1. The van der Waals surface area contributed by atoms with Crippen LogP contribution in [-0.2, 0) is 20.7 Å². The third kappa shape index (κ3) is 5.34. The molecule has 1 saturated carbocycles. The predicted octanol–water partition coefficient (Wildman–Crippen LogP) is 3.70.